The highest BCUT2D eigenvalue weighted by Crippen LogP contribution is 2.24. The molecule has 0 aliphatic carbocycles. The lowest BCUT2D eigenvalue weighted by Crippen LogP contribution is -2.46. The number of carbonyl (C=O) groups excluding carboxylic acids is 1. The number of hydrogen-bond donors (Lipinski definition) is 1. The number of halogens is 1. The molecule has 1 N–H and O–H groups in total. The molecule has 3 rings (SSSR count). The molecule has 7 heteroatoms. The lowest BCUT2D eigenvalue weighted by Gasteiger charge is -2.33. The number of aryl methyl sites for hydroxylation is 2. The van der Waals surface area contributed by atoms with Gasteiger partial charge in [-0.3, -0.25) is 4.79 Å². The Morgan fingerprint density at radius 3 is 2.54 bits per heavy atom. The minimum absolute atomic E-state index is 0.700. The second kappa shape index (κ2) is 7.05. The Balaban J connectivity index is 1.78. The third kappa shape index (κ3) is 3.76. The molecule has 1 aliphatic heterocycles. The van der Waals surface area contributed by atoms with Crippen LogP contribution in [0.3, 0.4) is 0 Å². The molecule has 2 aromatic rings. The molecule has 1 aromatic carbocycles. The lowest BCUT2D eigenvalue weighted by atomic mass is 10.2. The summed E-state index contributed by atoms with van der Waals surface area (Å²) in [5.41, 5.74) is 1.93. The van der Waals surface area contributed by atoms with Crippen molar-refractivity contribution in [3.63, 3.8) is 0 Å². The molecular weight excluding hydrogens is 326 g/mol. The van der Waals surface area contributed by atoms with E-state index in [2.05, 4.69) is 20.2 Å². The third-order valence-electron chi connectivity index (χ3n) is 4.06. The van der Waals surface area contributed by atoms with Gasteiger partial charge >= 0.3 is 0 Å². The van der Waals surface area contributed by atoms with E-state index in [1.165, 1.54) is 0 Å². The van der Waals surface area contributed by atoms with E-state index in [1.807, 2.05) is 38.1 Å². The first-order valence-electron chi connectivity index (χ1n) is 7.88. The third-order valence-corrected chi connectivity index (χ3v) is 4.46. The maximum absolute atomic E-state index is 10.8. The fourth-order valence-corrected chi connectivity index (χ4v) is 2.83. The van der Waals surface area contributed by atoms with Crippen molar-refractivity contribution in [1.29, 1.82) is 0 Å². The normalized spacial score (nSPS) is 14.6. The van der Waals surface area contributed by atoms with E-state index in [-0.39, 0.29) is 0 Å². The number of anilines is 3. The van der Waals surface area contributed by atoms with Gasteiger partial charge in [0, 0.05) is 43.0 Å². The van der Waals surface area contributed by atoms with Crippen LogP contribution < -0.4 is 10.2 Å². The van der Waals surface area contributed by atoms with Gasteiger partial charge in [-0.05, 0) is 31.5 Å². The van der Waals surface area contributed by atoms with Crippen LogP contribution in [0, 0.1) is 13.8 Å². The van der Waals surface area contributed by atoms with Gasteiger partial charge in [0.15, 0.2) is 0 Å². The average molecular weight is 346 g/mol. The quantitative estimate of drug-likeness (QED) is 0.863. The Kier molecular flexibility index (Phi) is 4.85. The van der Waals surface area contributed by atoms with Gasteiger partial charge in [-0.15, -0.1) is 0 Å². The topological polar surface area (TPSA) is 61.4 Å². The zero-order valence-electron chi connectivity index (χ0n) is 13.8. The Morgan fingerprint density at radius 1 is 1.12 bits per heavy atom. The van der Waals surface area contributed by atoms with Crippen molar-refractivity contribution in [2.24, 2.45) is 0 Å². The van der Waals surface area contributed by atoms with Crippen molar-refractivity contribution in [3.05, 3.63) is 40.7 Å². The number of rotatable bonds is 4. The van der Waals surface area contributed by atoms with Crippen molar-refractivity contribution >= 4 is 35.3 Å². The minimum atomic E-state index is 0.700. The number of carbonyl (C=O) groups is 1. The number of nitrogens with one attached hydrogen (secondary N) is 1. The summed E-state index contributed by atoms with van der Waals surface area (Å²) in [5, 5.41) is 4.00. The molecule has 0 spiro atoms. The van der Waals surface area contributed by atoms with E-state index < -0.39 is 0 Å². The highest BCUT2D eigenvalue weighted by molar-refractivity contribution is 6.31. The van der Waals surface area contributed by atoms with Crippen LogP contribution in [0.2, 0.25) is 5.02 Å². The van der Waals surface area contributed by atoms with Gasteiger partial charge in [0.05, 0.1) is 0 Å². The summed E-state index contributed by atoms with van der Waals surface area (Å²) in [6.07, 6.45) is 0.899. The van der Waals surface area contributed by atoms with Crippen LogP contribution in [0.4, 0.5) is 17.3 Å². The summed E-state index contributed by atoms with van der Waals surface area (Å²) in [6.45, 7) is 6.80. The first kappa shape index (κ1) is 16.5. The van der Waals surface area contributed by atoms with E-state index in [9.17, 15) is 4.79 Å². The summed E-state index contributed by atoms with van der Waals surface area (Å²) in [4.78, 5) is 23.7. The second-order valence-corrected chi connectivity index (χ2v) is 6.28. The summed E-state index contributed by atoms with van der Waals surface area (Å²) >= 11 is 6.18. The fourth-order valence-electron chi connectivity index (χ4n) is 2.65. The molecule has 24 heavy (non-hydrogen) atoms. The molecule has 1 saturated heterocycles. The van der Waals surface area contributed by atoms with Crippen molar-refractivity contribution < 1.29 is 4.79 Å². The van der Waals surface area contributed by atoms with E-state index in [0.29, 0.717) is 18.9 Å². The number of piperazine rings is 1. The van der Waals surface area contributed by atoms with Crippen molar-refractivity contribution in [3.8, 4) is 0 Å². The number of benzene rings is 1. The molecule has 0 radical (unpaired) electrons. The zero-order valence-corrected chi connectivity index (χ0v) is 14.5. The summed E-state index contributed by atoms with van der Waals surface area (Å²) in [6, 6.07) is 7.76. The van der Waals surface area contributed by atoms with Gasteiger partial charge in [-0.2, -0.15) is 0 Å². The van der Waals surface area contributed by atoms with Crippen molar-refractivity contribution in [2.45, 2.75) is 13.8 Å². The van der Waals surface area contributed by atoms with Gasteiger partial charge in [-0.25, -0.2) is 9.97 Å². The summed E-state index contributed by atoms with van der Waals surface area (Å²) in [7, 11) is 0. The maximum Gasteiger partial charge on any atom is 0.209 e. The van der Waals surface area contributed by atoms with Gasteiger partial charge in [0.2, 0.25) is 6.41 Å². The number of nitrogens with zero attached hydrogens (tertiary/aromatic N) is 4. The van der Waals surface area contributed by atoms with Crippen molar-refractivity contribution in [1.82, 2.24) is 14.9 Å². The summed E-state index contributed by atoms with van der Waals surface area (Å²) in [5.74, 6) is 2.30. The van der Waals surface area contributed by atoms with Crippen LogP contribution in [0.25, 0.3) is 0 Å². The number of hydrogen-bond acceptors (Lipinski definition) is 5. The Morgan fingerprint density at radius 2 is 1.88 bits per heavy atom. The molecule has 126 valence electrons. The van der Waals surface area contributed by atoms with Gasteiger partial charge in [0.1, 0.15) is 17.5 Å². The standard InChI is InChI=1S/C17H20ClN5O/c1-12-3-4-14(9-15(12)18)21-16-10-17(20-13(2)19-16)23-7-5-22(11-24)6-8-23/h3-4,9-11H,5-8H2,1-2H3,(H,19,20,21). The predicted molar refractivity (Wildman–Crippen MR) is 96.1 cm³/mol. The predicted octanol–water partition coefficient (Wildman–Crippen LogP) is 2.77. The highest BCUT2D eigenvalue weighted by atomic mass is 35.5. The van der Waals surface area contributed by atoms with E-state index in [1.54, 1.807) is 4.90 Å². The van der Waals surface area contributed by atoms with Crippen LogP contribution in [-0.4, -0.2) is 47.5 Å². The molecule has 1 amide bonds. The maximum atomic E-state index is 10.8. The summed E-state index contributed by atoms with van der Waals surface area (Å²) < 4.78 is 0. The van der Waals surface area contributed by atoms with E-state index in [4.69, 9.17) is 11.6 Å². The number of aromatic nitrogens is 2. The molecule has 6 nitrogen and oxygen atoms in total. The van der Waals surface area contributed by atoms with Crippen LogP contribution >= 0.6 is 11.6 Å². The van der Waals surface area contributed by atoms with Crippen LogP contribution in [0.5, 0.6) is 0 Å². The molecule has 0 bridgehead atoms. The molecule has 1 fully saturated rings. The molecular formula is C17H20ClN5O. The van der Waals surface area contributed by atoms with Crippen LogP contribution in [0.1, 0.15) is 11.4 Å². The molecule has 1 aliphatic rings. The van der Waals surface area contributed by atoms with Gasteiger partial charge < -0.3 is 15.1 Å². The Bertz CT molecular complexity index is 744. The zero-order chi connectivity index (χ0) is 17.1. The minimum Gasteiger partial charge on any atom is -0.353 e. The molecule has 0 unspecified atom stereocenters. The highest BCUT2D eigenvalue weighted by Gasteiger charge is 2.17. The molecule has 0 atom stereocenters. The monoisotopic (exact) mass is 345 g/mol. The smallest absolute Gasteiger partial charge is 0.209 e. The fraction of sp³-hybridized carbons (Fsp3) is 0.353. The number of amides is 1. The van der Waals surface area contributed by atoms with Gasteiger partial charge in [0.25, 0.3) is 0 Å². The Labute approximate surface area is 146 Å². The van der Waals surface area contributed by atoms with E-state index in [0.717, 1.165) is 47.4 Å². The van der Waals surface area contributed by atoms with E-state index >= 15 is 0 Å². The van der Waals surface area contributed by atoms with Crippen LogP contribution in [-0.2, 0) is 4.79 Å². The molecule has 0 saturated carbocycles. The average Bonchev–Trinajstić information content (AvgIpc) is 2.58. The van der Waals surface area contributed by atoms with Gasteiger partial charge in [-0.1, -0.05) is 17.7 Å². The Hall–Kier alpha value is -2.34. The molecule has 2 heterocycles. The molecule has 1 aromatic heterocycles. The SMILES string of the molecule is Cc1nc(Nc2ccc(C)c(Cl)c2)cc(N2CCN(C=O)CC2)n1. The first-order chi connectivity index (χ1) is 11.5. The van der Waals surface area contributed by atoms with Crippen LogP contribution in [0.15, 0.2) is 24.3 Å². The lowest BCUT2D eigenvalue weighted by molar-refractivity contribution is -0.118. The largest absolute Gasteiger partial charge is 0.353 e. The van der Waals surface area contributed by atoms with Crippen molar-refractivity contribution in [2.75, 3.05) is 36.4 Å². The second-order valence-electron chi connectivity index (χ2n) is 5.88. The first-order valence-corrected chi connectivity index (χ1v) is 8.26.